The van der Waals surface area contributed by atoms with Crippen molar-refractivity contribution < 1.29 is 9.90 Å². The monoisotopic (exact) mass is 420 g/mol. The molecule has 5 rings (SSSR count). The van der Waals surface area contributed by atoms with Crippen LogP contribution in [-0.4, -0.2) is 42.8 Å². The Morgan fingerprint density at radius 2 is 2.00 bits per heavy atom. The normalized spacial score (nSPS) is 24.9. The van der Waals surface area contributed by atoms with Gasteiger partial charge in [-0.05, 0) is 56.6 Å². The fraction of sp³-hybridized carbons (Fsp3) is 0.435. The molecular formula is C23H28N6O2. The quantitative estimate of drug-likeness (QED) is 0.603. The van der Waals surface area contributed by atoms with Gasteiger partial charge in [0.1, 0.15) is 11.5 Å². The molecule has 0 radical (unpaired) electrons. The van der Waals surface area contributed by atoms with E-state index in [1.165, 1.54) is 0 Å². The summed E-state index contributed by atoms with van der Waals surface area (Å²) >= 11 is 0. The lowest BCUT2D eigenvalue weighted by Gasteiger charge is -2.42. The maximum absolute atomic E-state index is 12.9. The van der Waals surface area contributed by atoms with E-state index in [0.29, 0.717) is 5.82 Å². The van der Waals surface area contributed by atoms with Crippen LogP contribution in [0.25, 0.3) is 16.9 Å². The lowest BCUT2D eigenvalue weighted by atomic mass is 9.65. The summed E-state index contributed by atoms with van der Waals surface area (Å²) < 4.78 is 3.51. The predicted molar refractivity (Wildman–Crippen MR) is 118 cm³/mol. The topological polar surface area (TPSA) is 97.0 Å². The number of aliphatic hydroxyl groups excluding tert-OH is 1. The van der Waals surface area contributed by atoms with Gasteiger partial charge < -0.3 is 10.4 Å². The number of carbonyl (C=O) groups is 1. The molecular weight excluding hydrogens is 392 g/mol. The molecule has 2 aliphatic rings. The minimum Gasteiger partial charge on any atom is -0.393 e. The number of carbonyl (C=O) groups excluding carboxylic acids is 1. The van der Waals surface area contributed by atoms with Crippen LogP contribution in [0.3, 0.4) is 0 Å². The highest BCUT2D eigenvalue weighted by Gasteiger charge is 2.48. The number of hydrogen-bond acceptors (Lipinski definition) is 4. The van der Waals surface area contributed by atoms with Crippen LogP contribution in [0, 0.1) is 12.3 Å². The molecule has 2 fully saturated rings. The summed E-state index contributed by atoms with van der Waals surface area (Å²) in [6.07, 6.45) is 8.22. The molecule has 1 atom stereocenters. The SMILES string of the molecule is Cc1c(-c2cnn(C)c2)nn(-c2ccccc2)c1NC(=O)N[C@H]1CCC2(CC(O)C2)C1. The van der Waals surface area contributed by atoms with Crippen LogP contribution in [0.5, 0.6) is 0 Å². The summed E-state index contributed by atoms with van der Waals surface area (Å²) in [7, 11) is 1.87. The van der Waals surface area contributed by atoms with Gasteiger partial charge in [-0.3, -0.25) is 10.00 Å². The molecule has 2 saturated carbocycles. The summed E-state index contributed by atoms with van der Waals surface area (Å²) in [5.41, 5.74) is 3.68. The molecule has 31 heavy (non-hydrogen) atoms. The number of nitrogens with zero attached hydrogens (tertiary/aromatic N) is 4. The third-order valence-electron chi connectivity index (χ3n) is 6.71. The molecule has 8 nitrogen and oxygen atoms in total. The van der Waals surface area contributed by atoms with Crippen molar-refractivity contribution in [2.75, 3.05) is 5.32 Å². The second-order valence-electron chi connectivity index (χ2n) is 9.07. The highest BCUT2D eigenvalue weighted by atomic mass is 16.3. The molecule has 2 aromatic heterocycles. The number of aromatic nitrogens is 4. The summed E-state index contributed by atoms with van der Waals surface area (Å²) in [5, 5.41) is 24.9. The Balaban J connectivity index is 1.38. The van der Waals surface area contributed by atoms with Gasteiger partial charge in [-0.25, -0.2) is 9.48 Å². The van der Waals surface area contributed by atoms with E-state index < -0.39 is 0 Å². The molecule has 162 valence electrons. The number of rotatable bonds is 4. The summed E-state index contributed by atoms with van der Waals surface area (Å²) in [5.74, 6) is 0.648. The van der Waals surface area contributed by atoms with Gasteiger partial charge in [0.05, 0.1) is 18.0 Å². The standard InChI is InChI=1S/C23H28N6O2/c1-15-20(16-13-24-28(2)14-16)27-29(18-6-4-3-5-7-18)21(15)26-22(31)25-17-8-9-23(10-17)11-19(30)12-23/h3-7,13-14,17,19,30H,8-12H2,1-2H3,(H2,25,26,31)/t17-,19?,23?/m0/s1. The summed E-state index contributed by atoms with van der Waals surface area (Å²) in [6.45, 7) is 1.96. The van der Waals surface area contributed by atoms with E-state index in [0.717, 1.165) is 54.6 Å². The van der Waals surface area contributed by atoms with Crippen molar-refractivity contribution in [2.24, 2.45) is 12.5 Å². The van der Waals surface area contributed by atoms with Gasteiger partial charge in [-0.2, -0.15) is 10.2 Å². The maximum atomic E-state index is 12.9. The molecule has 8 heteroatoms. The minimum absolute atomic E-state index is 0.138. The Kier molecular flexibility index (Phi) is 4.81. The molecule has 2 heterocycles. The van der Waals surface area contributed by atoms with Gasteiger partial charge in [0.25, 0.3) is 0 Å². The number of aliphatic hydroxyl groups is 1. The third kappa shape index (κ3) is 3.72. The van der Waals surface area contributed by atoms with Crippen LogP contribution >= 0.6 is 0 Å². The fourth-order valence-corrected chi connectivity index (χ4v) is 5.19. The average Bonchev–Trinajstić information content (AvgIpc) is 3.41. The molecule has 1 aromatic carbocycles. The number of urea groups is 1. The van der Waals surface area contributed by atoms with Gasteiger partial charge >= 0.3 is 6.03 Å². The Morgan fingerprint density at radius 1 is 1.23 bits per heavy atom. The summed E-state index contributed by atoms with van der Waals surface area (Å²) in [6, 6.07) is 9.69. The van der Waals surface area contributed by atoms with E-state index in [-0.39, 0.29) is 23.6 Å². The number of hydrogen-bond donors (Lipinski definition) is 3. The Labute approximate surface area is 181 Å². The van der Waals surface area contributed by atoms with Gasteiger partial charge in [0, 0.05) is 30.4 Å². The number of anilines is 1. The van der Waals surface area contributed by atoms with Crippen molar-refractivity contribution >= 4 is 11.8 Å². The second-order valence-corrected chi connectivity index (χ2v) is 9.07. The van der Waals surface area contributed by atoms with Gasteiger partial charge in [-0.1, -0.05) is 18.2 Å². The first-order chi connectivity index (χ1) is 14.9. The largest absolute Gasteiger partial charge is 0.393 e. The first-order valence-corrected chi connectivity index (χ1v) is 10.8. The highest BCUT2D eigenvalue weighted by molar-refractivity contribution is 5.91. The van der Waals surface area contributed by atoms with Crippen LogP contribution < -0.4 is 10.6 Å². The van der Waals surface area contributed by atoms with Crippen LogP contribution in [0.2, 0.25) is 0 Å². The number of amides is 2. The zero-order chi connectivity index (χ0) is 21.6. The van der Waals surface area contributed by atoms with Crippen molar-refractivity contribution in [2.45, 2.75) is 51.2 Å². The van der Waals surface area contributed by atoms with Crippen molar-refractivity contribution in [3.8, 4) is 16.9 Å². The Hall–Kier alpha value is -3.13. The van der Waals surface area contributed by atoms with E-state index in [4.69, 9.17) is 5.10 Å². The third-order valence-corrected chi connectivity index (χ3v) is 6.71. The van der Waals surface area contributed by atoms with Crippen molar-refractivity contribution in [3.63, 3.8) is 0 Å². The number of benzene rings is 1. The average molecular weight is 421 g/mol. The first kappa shape index (κ1) is 19.8. The second kappa shape index (κ2) is 7.53. The van der Waals surface area contributed by atoms with E-state index >= 15 is 0 Å². The number of nitrogens with one attached hydrogen (secondary N) is 2. The van der Waals surface area contributed by atoms with Gasteiger partial charge in [-0.15, -0.1) is 0 Å². The highest BCUT2D eigenvalue weighted by Crippen LogP contribution is 2.53. The predicted octanol–water partition coefficient (Wildman–Crippen LogP) is 3.40. The van der Waals surface area contributed by atoms with E-state index in [9.17, 15) is 9.90 Å². The van der Waals surface area contributed by atoms with Gasteiger partial charge in [0.15, 0.2) is 0 Å². The van der Waals surface area contributed by atoms with Crippen LogP contribution in [-0.2, 0) is 7.05 Å². The zero-order valence-corrected chi connectivity index (χ0v) is 17.9. The van der Waals surface area contributed by atoms with Crippen LogP contribution in [0.1, 0.15) is 37.7 Å². The van der Waals surface area contributed by atoms with E-state index in [2.05, 4.69) is 15.7 Å². The first-order valence-electron chi connectivity index (χ1n) is 10.8. The molecule has 2 aliphatic carbocycles. The molecule has 0 unspecified atom stereocenters. The molecule has 0 saturated heterocycles. The summed E-state index contributed by atoms with van der Waals surface area (Å²) in [4.78, 5) is 12.9. The Bertz CT molecular complexity index is 1100. The van der Waals surface area contributed by atoms with Gasteiger partial charge in [0.2, 0.25) is 0 Å². The lowest BCUT2D eigenvalue weighted by Crippen LogP contribution is -2.42. The lowest BCUT2D eigenvalue weighted by molar-refractivity contribution is -0.0285. The molecule has 0 aliphatic heterocycles. The van der Waals surface area contributed by atoms with E-state index in [1.54, 1.807) is 15.6 Å². The molecule has 3 aromatic rings. The number of aryl methyl sites for hydroxylation is 1. The fourth-order valence-electron chi connectivity index (χ4n) is 5.19. The number of para-hydroxylation sites is 1. The molecule has 3 N–H and O–H groups in total. The molecule has 0 bridgehead atoms. The minimum atomic E-state index is -0.222. The van der Waals surface area contributed by atoms with Crippen molar-refractivity contribution in [1.82, 2.24) is 24.9 Å². The van der Waals surface area contributed by atoms with Crippen molar-refractivity contribution in [3.05, 3.63) is 48.3 Å². The van der Waals surface area contributed by atoms with E-state index in [1.807, 2.05) is 50.5 Å². The molecule has 1 spiro atoms. The van der Waals surface area contributed by atoms with Crippen LogP contribution in [0.15, 0.2) is 42.7 Å². The van der Waals surface area contributed by atoms with Crippen LogP contribution in [0.4, 0.5) is 10.6 Å². The smallest absolute Gasteiger partial charge is 0.320 e. The Morgan fingerprint density at radius 3 is 2.68 bits per heavy atom. The van der Waals surface area contributed by atoms with Crippen molar-refractivity contribution in [1.29, 1.82) is 0 Å². The zero-order valence-electron chi connectivity index (χ0n) is 17.9. The molecule has 2 amide bonds. The maximum Gasteiger partial charge on any atom is 0.320 e.